The molecule has 0 aliphatic carbocycles. The quantitative estimate of drug-likeness (QED) is 0.650. The molecule has 0 spiro atoms. The number of hydrogen-bond acceptors (Lipinski definition) is 3. The summed E-state index contributed by atoms with van der Waals surface area (Å²) in [5.74, 6) is 2.08. The second kappa shape index (κ2) is 7.20. The third-order valence-corrected chi connectivity index (χ3v) is 6.36. The fourth-order valence-electron chi connectivity index (χ4n) is 5.00. The Morgan fingerprint density at radius 1 is 1.18 bits per heavy atom. The van der Waals surface area contributed by atoms with E-state index in [1.165, 1.54) is 25.0 Å². The molecule has 4 atom stereocenters. The number of likely N-dealkylation sites (tertiary alicyclic amines) is 1. The Hall–Kier alpha value is -2.41. The van der Waals surface area contributed by atoms with Crippen molar-refractivity contribution >= 4 is 5.96 Å². The number of nitrogens with one attached hydrogen (secondary N) is 1. The molecule has 3 aliphatic heterocycles. The Kier molecular flexibility index (Phi) is 4.55. The second-order valence-corrected chi connectivity index (χ2v) is 7.98. The van der Waals surface area contributed by atoms with Crippen molar-refractivity contribution in [3.05, 3.63) is 48.0 Å². The predicted octanol–water partition coefficient (Wildman–Crippen LogP) is 2.24. The molecule has 2 bridgehead atoms. The van der Waals surface area contributed by atoms with E-state index in [9.17, 15) is 4.39 Å². The Morgan fingerprint density at radius 2 is 1.89 bits per heavy atom. The average Bonchev–Trinajstić information content (AvgIpc) is 3.48. The van der Waals surface area contributed by atoms with Gasteiger partial charge in [0.05, 0.1) is 23.6 Å². The fraction of sp³-hybridized carbons (Fsp3) is 0.524. The molecule has 0 radical (unpaired) electrons. The molecule has 0 saturated carbocycles. The molecule has 1 aromatic heterocycles. The van der Waals surface area contributed by atoms with Crippen molar-refractivity contribution in [2.75, 3.05) is 26.7 Å². The zero-order valence-corrected chi connectivity index (χ0v) is 16.1. The van der Waals surface area contributed by atoms with Gasteiger partial charge < -0.3 is 15.0 Å². The molecule has 148 valence electrons. The molecule has 1 aromatic carbocycles. The lowest BCUT2D eigenvalue weighted by Crippen LogP contribution is -2.42. The van der Waals surface area contributed by atoms with Crippen LogP contribution in [0.2, 0.25) is 0 Å². The van der Waals surface area contributed by atoms with Gasteiger partial charge in [0, 0.05) is 51.1 Å². The van der Waals surface area contributed by atoms with Crippen LogP contribution in [0.1, 0.15) is 18.5 Å². The fourth-order valence-corrected chi connectivity index (χ4v) is 5.00. The molecular weight excluding hydrogens is 357 g/mol. The maximum atomic E-state index is 13.1. The van der Waals surface area contributed by atoms with Crippen molar-refractivity contribution in [2.45, 2.75) is 31.5 Å². The van der Waals surface area contributed by atoms with Crippen LogP contribution in [0.3, 0.4) is 0 Å². The predicted molar refractivity (Wildman–Crippen MR) is 105 cm³/mol. The zero-order valence-electron chi connectivity index (χ0n) is 16.1. The van der Waals surface area contributed by atoms with Crippen LogP contribution < -0.4 is 5.32 Å². The molecule has 4 heterocycles. The number of aliphatic imine (C=N–C) groups is 1. The molecule has 3 fully saturated rings. The van der Waals surface area contributed by atoms with Gasteiger partial charge in [-0.05, 0) is 43.2 Å². The summed E-state index contributed by atoms with van der Waals surface area (Å²) < 4.78 is 20.9. The van der Waals surface area contributed by atoms with Gasteiger partial charge in [-0.3, -0.25) is 4.99 Å². The summed E-state index contributed by atoms with van der Waals surface area (Å²) in [6, 6.07) is 8.36. The SMILES string of the molecule is CN=C(NCCc1ccn(-c2ccc(F)cc2)n1)N1CC2C3CCC(O3)C2C1. The number of rotatable bonds is 4. The van der Waals surface area contributed by atoms with Crippen molar-refractivity contribution in [1.29, 1.82) is 0 Å². The molecule has 5 rings (SSSR count). The highest BCUT2D eigenvalue weighted by molar-refractivity contribution is 5.80. The van der Waals surface area contributed by atoms with Crippen molar-refractivity contribution in [3.63, 3.8) is 0 Å². The van der Waals surface area contributed by atoms with Gasteiger partial charge in [0.25, 0.3) is 0 Å². The molecule has 0 amide bonds. The topological polar surface area (TPSA) is 54.7 Å². The maximum absolute atomic E-state index is 13.1. The number of benzene rings is 1. The van der Waals surface area contributed by atoms with Crippen LogP contribution in [0.4, 0.5) is 4.39 Å². The van der Waals surface area contributed by atoms with E-state index in [1.807, 2.05) is 19.3 Å². The first kappa shape index (κ1) is 17.7. The van der Waals surface area contributed by atoms with Gasteiger partial charge in [0.1, 0.15) is 5.82 Å². The van der Waals surface area contributed by atoms with Crippen molar-refractivity contribution in [2.24, 2.45) is 16.8 Å². The van der Waals surface area contributed by atoms with E-state index in [2.05, 4.69) is 20.3 Å². The summed E-state index contributed by atoms with van der Waals surface area (Å²) in [7, 11) is 1.85. The average molecular weight is 383 g/mol. The minimum Gasteiger partial charge on any atom is -0.374 e. The third kappa shape index (κ3) is 3.17. The van der Waals surface area contributed by atoms with Gasteiger partial charge in [0.15, 0.2) is 5.96 Å². The number of halogens is 1. The molecule has 28 heavy (non-hydrogen) atoms. The molecular formula is C21H26FN5O. The van der Waals surface area contributed by atoms with Gasteiger partial charge in [-0.1, -0.05) is 0 Å². The molecule has 1 N–H and O–H groups in total. The van der Waals surface area contributed by atoms with E-state index in [-0.39, 0.29) is 5.82 Å². The van der Waals surface area contributed by atoms with Crippen LogP contribution in [0.5, 0.6) is 0 Å². The maximum Gasteiger partial charge on any atom is 0.193 e. The van der Waals surface area contributed by atoms with Crippen LogP contribution in [-0.2, 0) is 11.2 Å². The first-order valence-electron chi connectivity index (χ1n) is 10.1. The summed E-state index contributed by atoms with van der Waals surface area (Å²) >= 11 is 0. The summed E-state index contributed by atoms with van der Waals surface area (Å²) in [5.41, 5.74) is 1.86. The number of nitrogens with zero attached hydrogens (tertiary/aromatic N) is 4. The van der Waals surface area contributed by atoms with Gasteiger partial charge in [-0.25, -0.2) is 9.07 Å². The molecule has 4 unspecified atom stereocenters. The lowest BCUT2D eigenvalue weighted by molar-refractivity contribution is 0.0767. The highest BCUT2D eigenvalue weighted by atomic mass is 19.1. The number of ether oxygens (including phenoxy) is 1. The van der Waals surface area contributed by atoms with Crippen molar-refractivity contribution in [3.8, 4) is 5.69 Å². The molecule has 3 aliphatic rings. The number of aromatic nitrogens is 2. The molecule has 3 saturated heterocycles. The van der Waals surface area contributed by atoms with Gasteiger partial charge in [-0.2, -0.15) is 5.10 Å². The Balaban J connectivity index is 1.15. The van der Waals surface area contributed by atoms with Gasteiger partial charge in [-0.15, -0.1) is 0 Å². The lowest BCUT2D eigenvalue weighted by Gasteiger charge is -2.23. The standard InChI is InChI=1S/C21H26FN5O/c1-23-21(26-12-17-18(13-26)20-7-6-19(17)28-20)24-10-8-15-9-11-27(25-15)16-4-2-14(22)3-5-16/h2-5,9,11,17-20H,6-8,10,12-13H2,1H3,(H,23,24). The van der Waals surface area contributed by atoms with E-state index >= 15 is 0 Å². The van der Waals surface area contributed by atoms with Gasteiger partial charge >= 0.3 is 0 Å². The minimum absolute atomic E-state index is 0.239. The number of fused-ring (bicyclic) bond motifs is 5. The number of guanidine groups is 1. The third-order valence-electron chi connectivity index (χ3n) is 6.36. The van der Waals surface area contributed by atoms with Gasteiger partial charge in [0.2, 0.25) is 0 Å². The first-order valence-corrected chi connectivity index (χ1v) is 10.1. The van der Waals surface area contributed by atoms with E-state index in [0.29, 0.717) is 24.0 Å². The van der Waals surface area contributed by atoms with Crippen LogP contribution in [-0.4, -0.2) is 59.5 Å². The van der Waals surface area contributed by atoms with E-state index in [1.54, 1.807) is 16.8 Å². The summed E-state index contributed by atoms with van der Waals surface area (Å²) in [4.78, 5) is 6.88. The zero-order chi connectivity index (χ0) is 19.1. The first-order chi connectivity index (χ1) is 13.7. The van der Waals surface area contributed by atoms with Crippen LogP contribution in [0.25, 0.3) is 5.69 Å². The molecule has 6 nitrogen and oxygen atoms in total. The minimum atomic E-state index is -0.239. The Morgan fingerprint density at radius 3 is 2.57 bits per heavy atom. The summed E-state index contributed by atoms with van der Waals surface area (Å²) in [6.07, 6.45) is 6.10. The summed E-state index contributed by atoms with van der Waals surface area (Å²) in [5, 5.41) is 8.08. The molecule has 7 heteroatoms. The van der Waals surface area contributed by atoms with Crippen molar-refractivity contribution in [1.82, 2.24) is 20.0 Å². The smallest absolute Gasteiger partial charge is 0.193 e. The Labute approximate surface area is 164 Å². The molecule has 2 aromatic rings. The monoisotopic (exact) mass is 383 g/mol. The normalized spacial score (nSPS) is 28.8. The van der Waals surface area contributed by atoms with Crippen LogP contribution in [0.15, 0.2) is 41.5 Å². The van der Waals surface area contributed by atoms with E-state index in [4.69, 9.17) is 4.74 Å². The van der Waals surface area contributed by atoms with E-state index < -0.39 is 0 Å². The van der Waals surface area contributed by atoms with E-state index in [0.717, 1.165) is 43.4 Å². The highest BCUT2D eigenvalue weighted by Gasteiger charge is 2.53. The second-order valence-electron chi connectivity index (χ2n) is 7.98. The lowest BCUT2D eigenvalue weighted by atomic mass is 9.82. The largest absolute Gasteiger partial charge is 0.374 e. The van der Waals surface area contributed by atoms with Crippen LogP contribution in [0, 0.1) is 17.7 Å². The Bertz CT molecular complexity index is 846. The van der Waals surface area contributed by atoms with Crippen molar-refractivity contribution < 1.29 is 9.13 Å². The number of hydrogen-bond donors (Lipinski definition) is 1. The summed E-state index contributed by atoms with van der Waals surface area (Å²) in [6.45, 7) is 2.87. The highest BCUT2D eigenvalue weighted by Crippen LogP contribution is 2.47. The van der Waals surface area contributed by atoms with Crippen LogP contribution >= 0.6 is 0 Å².